The number of benzene rings is 4. The highest BCUT2D eigenvalue weighted by atomic mass is 35.5. The summed E-state index contributed by atoms with van der Waals surface area (Å²) in [5.74, 6) is 0.387. The van der Waals surface area contributed by atoms with E-state index in [2.05, 4.69) is 70.5 Å². The third-order valence-electron chi connectivity index (χ3n) is 7.28. The topological polar surface area (TPSA) is 42.0 Å². The maximum atomic E-state index is 11.7. The van der Waals surface area contributed by atoms with Crippen molar-refractivity contribution in [1.82, 2.24) is 9.80 Å². The Labute approximate surface area is 235 Å². The van der Waals surface area contributed by atoms with E-state index in [4.69, 9.17) is 21.1 Å². The first-order chi connectivity index (χ1) is 19.1. The van der Waals surface area contributed by atoms with Gasteiger partial charge < -0.3 is 9.47 Å². The van der Waals surface area contributed by atoms with Crippen molar-refractivity contribution in [2.45, 2.75) is 12.6 Å². The molecule has 4 aromatic rings. The van der Waals surface area contributed by atoms with Crippen LogP contribution in [-0.2, 0) is 11.3 Å². The van der Waals surface area contributed by atoms with Crippen LogP contribution in [0.25, 0.3) is 11.1 Å². The van der Waals surface area contributed by atoms with Gasteiger partial charge in [-0.1, -0.05) is 78.3 Å². The van der Waals surface area contributed by atoms with Crippen LogP contribution in [0.15, 0.2) is 103 Å². The second-order valence-electron chi connectivity index (χ2n) is 9.73. The third kappa shape index (κ3) is 6.87. The van der Waals surface area contributed by atoms with Gasteiger partial charge in [0.2, 0.25) is 0 Å². The average molecular weight is 541 g/mol. The van der Waals surface area contributed by atoms with Crippen molar-refractivity contribution in [3.8, 4) is 16.9 Å². The molecule has 6 heteroatoms. The summed E-state index contributed by atoms with van der Waals surface area (Å²) < 4.78 is 11.0. The number of hydrogen-bond donors (Lipinski definition) is 0. The van der Waals surface area contributed by atoms with Gasteiger partial charge in [0.25, 0.3) is 0 Å². The number of ether oxygens (including phenoxy) is 2. The Balaban J connectivity index is 1.24. The van der Waals surface area contributed by atoms with E-state index in [-0.39, 0.29) is 12.0 Å². The molecule has 0 radical (unpaired) electrons. The predicted molar refractivity (Wildman–Crippen MR) is 156 cm³/mol. The number of piperazine rings is 1. The summed E-state index contributed by atoms with van der Waals surface area (Å²) in [7, 11) is 1.38. The molecule has 0 bridgehead atoms. The molecule has 1 atom stereocenters. The summed E-state index contributed by atoms with van der Waals surface area (Å²) in [4.78, 5) is 16.8. The normalized spacial score (nSPS) is 15.0. The van der Waals surface area contributed by atoms with E-state index in [9.17, 15) is 4.79 Å². The zero-order valence-corrected chi connectivity index (χ0v) is 22.9. The van der Waals surface area contributed by atoms with Crippen LogP contribution >= 0.6 is 11.6 Å². The fourth-order valence-electron chi connectivity index (χ4n) is 5.11. The lowest BCUT2D eigenvalue weighted by Gasteiger charge is -2.39. The molecule has 1 saturated heterocycles. The van der Waals surface area contributed by atoms with E-state index in [1.54, 1.807) is 12.1 Å². The standard InChI is InChI=1S/C33H33ClN2O3/c1-38-33(37)27-13-17-30(18-14-27)39-24-32(26-7-3-2-4-8-26)36-21-19-35(20-22-36)23-28-9-5-6-10-31(28)25-11-15-29(34)16-12-25/h2-18,32H,19-24H2,1H3. The Morgan fingerprint density at radius 2 is 1.49 bits per heavy atom. The largest absolute Gasteiger partial charge is 0.492 e. The monoisotopic (exact) mass is 540 g/mol. The van der Waals surface area contributed by atoms with Gasteiger partial charge in [-0.25, -0.2) is 4.79 Å². The Kier molecular flexibility index (Phi) is 8.94. The van der Waals surface area contributed by atoms with Crippen molar-refractivity contribution in [1.29, 1.82) is 0 Å². The molecule has 0 aromatic heterocycles. The molecule has 0 spiro atoms. The fraction of sp³-hybridized carbons (Fsp3) is 0.242. The van der Waals surface area contributed by atoms with Crippen LogP contribution in [0.2, 0.25) is 5.02 Å². The molecule has 39 heavy (non-hydrogen) atoms. The van der Waals surface area contributed by atoms with Crippen molar-refractivity contribution in [2.75, 3.05) is 39.9 Å². The van der Waals surface area contributed by atoms with Gasteiger partial charge in [-0.15, -0.1) is 0 Å². The van der Waals surface area contributed by atoms with E-state index in [0.29, 0.717) is 12.2 Å². The van der Waals surface area contributed by atoms with E-state index in [0.717, 1.165) is 43.5 Å². The van der Waals surface area contributed by atoms with Gasteiger partial charge in [-0.3, -0.25) is 9.80 Å². The SMILES string of the molecule is COC(=O)c1ccc(OCC(c2ccccc2)N2CCN(Cc3ccccc3-c3ccc(Cl)cc3)CC2)cc1. The first-order valence-corrected chi connectivity index (χ1v) is 13.6. The highest BCUT2D eigenvalue weighted by Crippen LogP contribution is 2.28. The highest BCUT2D eigenvalue weighted by Gasteiger charge is 2.26. The van der Waals surface area contributed by atoms with Gasteiger partial charge in [0.1, 0.15) is 12.4 Å². The number of carbonyl (C=O) groups is 1. The summed E-state index contributed by atoms with van der Waals surface area (Å²) in [5, 5.41) is 0.752. The maximum absolute atomic E-state index is 11.7. The van der Waals surface area contributed by atoms with Crippen LogP contribution in [0.1, 0.15) is 27.5 Å². The quantitative estimate of drug-likeness (QED) is 0.220. The molecule has 1 fully saturated rings. The number of esters is 1. The van der Waals surface area contributed by atoms with Crippen LogP contribution in [0.4, 0.5) is 0 Å². The number of nitrogens with zero attached hydrogens (tertiary/aromatic N) is 2. The minimum absolute atomic E-state index is 0.134. The molecular weight excluding hydrogens is 508 g/mol. The molecule has 1 heterocycles. The predicted octanol–water partition coefficient (Wildman–Crippen LogP) is 6.73. The van der Waals surface area contributed by atoms with Gasteiger partial charge in [-0.2, -0.15) is 0 Å². The van der Waals surface area contributed by atoms with E-state index in [1.807, 2.05) is 30.3 Å². The minimum Gasteiger partial charge on any atom is -0.492 e. The first kappa shape index (κ1) is 26.9. The van der Waals surface area contributed by atoms with E-state index >= 15 is 0 Å². The molecule has 200 valence electrons. The first-order valence-electron chi connectivity index (χ1n) is 13.3. The van der Waals surface area contributed by atoms with E-state index < -0.39 is 0 Å². The van der Waals surface area contributed by atoms with Crippen LogP contribution in [0.3, 0.4) is 0 Å². The smallest absolute Gasteiger partial charge is 0.337 e. The van der Waals surface area contributed by atoms with Crippen LogP contribution < -0.4 is 4.74 Å². The third-order valence-corrected chi connectivity index (χ3v) is 7.53. The molecule has 5 nitrogen and oxygen atoms in total. The second-order valence-corrected chi connectivity index (χ2v) is 10.2. The van der Waals surface area contributed by atoms with Gasteiger partial charge in [-0.05, 0) is 58.7 Å². The molecule has 1 aliphatic heterocycles. The Hall–Kier alpha value is -3.64. The van der Waals surface area contributed by atoms with Gasteiger partial charge in [0, 0.05) is 37.7 Å². The molecule has 0 saturated carbocycles. The van der Waals surface area contributed by atoms with Crippen LogP contribution in [-0.4, -0.2) is 55.7 Å². The van der Waals surface area contributed by atoms with Crippen molar-refractivity contribution in [2.24, 2.45) is 0 Å². The van der Waals surface area contributed by atoms with Crippen molar-refractivity contribution < 1.29 is 14.3 Å². The number of hydrogen-bond acceptors (Lipinski definition) is 5. The maximum Gasteiger partial charge on any atom is 0.337 e. The molecule has 1 aliphatic rings. The van der Waals surface area contributed by atoms with Crippen LogP contribution in [0, 0.1) is 0 Å². The summed E-state index contributed by atoms with van der Waals surface area (Å²) in [5.41, 5.74) is 5.52. The number of carbonyl (C=O) groups excluding carboxylic acids is 1. The van der Waals surface area contributed by atoms with Gasteiger partial charge in [0.05, 0.1) is 18.7 Å². The van der Waals surface area contributed by atoms with Gasteiger partial charge >= 0.3 is 5.97 Å². The molecule has 4 aromatic carbocycles. The van der Waals surface area contributed by atoms with Gasteiger partial charge in [0.15, 0.2) is 0 Å². The van der Waals surface area contributed by atoms with Crippen LogP contribution in [0.5, 0.6) is 5.75 Å². The minimum atomic E-state index is -0.350. The number of methoxy groups -OCH3 is 1. The number of rotatable bonds is 9. The summed E-state index contributed by atoms with van der Waals surface area (Å²) in [6.45, 7) is 5.30. The summed E-state index contributed by atoms with van der Waals surface area (Å²) in [6, 6.07) is 34.5. The van der Waals surface area contributed by atoms with Crippen molar-refractivity contribution >= 4 is 17.6 Å². The Morgan fingerprint density at radius 3 is 2.18 bits per heavy atom. The Morgan fingerprint density at radius 1 is 0.821 bits per heavy atom. The lowest BCUT2D eigenvalue weighted by molar-refractivity contribution is 0.0600. The molecule has 0 aliphatic carbocycles. The lowest BCUT2D eigenvalue weighted by atomic mass is 9.99. The van der Waals surface area contributed by atoms with E-state index in [1.165, 1.54) is 29.4 Å². The second kappa shape index (κ2) is 12.9. The Bertz CT molecular complexity index is 1350. The molecular formula is C33H33ClN2O3. The zero-order valence-electron chi connectivity index (χ0n) is 22.1. The molecule has 0 amide bonds. The molecule has 5 rings (SSSR count). The molecule has 0 N–H and O–H groups in total. The lowest BCUT2D eigenvalue weighted by Crippen LogP contribution is -2.48. The average Bonchev–Trinajstić information content (AvgIpc) is 2.99. The van der Waals surface area contributed by atoms with Crippen molar-refractivity contribution in [3.05, 3.63) is 125 Å². The zero-order chi connectivity index (χ0) is 27.0. The summed E-state index contributed by atoms with van der Waals surface area (Å²) in [6.07, 6.45) is 0. The highest BCUT2D eigenvalue weighted by molar-refractivity contribution is 6.30. The number of halogens is 1. The summed E-state index contributed by atoms with van der Waals surface area (Å²) >= 11 is 6.12. The van der Waals surface area contributed by atoms with Crippen molar-refractivity contribution in [3.63, 3.8) is 0 Å². The fourth-order valence-corrected chi connectivity index (χ4v) is 5.24. The molecule has 1 unspecified atom stereocenters.